The molecule has 0 saturated carbocycles. The van der Waals surface area contributed by atoms with Crippen molar-refractivity contribution >= 4 is 34.8 Å². The van der Waals surface area contributed by atoms with Crippen LogP contribution in [-0.4, -0.2) is 23.2 Å². The van der Waals surface area contributed by atoms with Gasteiger partial charge in [0.25, 0.3) is 0 Å². The number of ether oxygens (including phenoxy) is 1. The van der Waals surface area contributed by atoms with Crippen LogP contribution in [0.2, 0.25) is 0 Å². The lowest BCUT2D eigenvalue weighted by molar-refractivity contribution is 0.0601. The highest BCUT2D eigenvalue weighted by atomic mass is 32.1. The molecule has 2 rings (SSSR count). The largest absolute Gasteiger partial charge is 0.465 e. The smallest absolute Gasteiger partial charge is 0.337 e. The zero-order chi connectivity index (χ0) is 15.2. The van der Waals surface area contributed by atoms with E-state index in [9.17, 15) is 4.79 Å². The molecular formula is C15H15N3O2S. The van der Waals surface area contributed by atoms with E-state index in [0.717, 1.165) is 5.56 Å². The quantitative estimate of drug-likeness (QED) is 0.671. The number of rotatable bonds is 3. The fourth-order valence-corrected chi connectivity index (χ4v) is 1.95. The second-order valence-corrected chi connectivity index (χ2v) is 4.78. The van der Waals surface area contributed by atoms with E-state index in [1.165, 1.54) is 7.11 Å². The van der Waals surface area contributed by atoms with E-state index < -0.39 is 5.97 Å². The standard InChI is InChI=1S/C15H15N3O2S/c1-10-6-7-16-13(8-10)18-15(21)17-12-5-3-4-11(9-12)14(19)20-2/h3-9H,1-2H3,(H2,16,17,18,21). The van der Waals surface area contributed by atoms with Crippen LogP contribution in [0.1, 0.15) is 15.9 Å². The first-order valence-electron chi connectivity index (χ1n) is 6.27. The predicted octanol–water partition coefficient (Wildman–Crippen LogP) is 2.99. The van der Waals surface area contributed by atoms with E-state index in [-0.39, 0.29) is 0 Å². The molecule has 0 aliphatic heterocycles. The average Bonchev–Trinajstić information content (AvgIpc) is 2.46. The van der Waals surface area contributed by atoms with E-state index in [4.69, 9.17) is 12.2 Å². The van der Waals surface area contributed by atoms with E-state index >= 15 is 0 Å². The molecule has 0 aliphatic carbocycles. The third-order valence-electron chi connectivity index (χ3n) is 2.70. The number of hydrogen-bond donors (Lipinski definition) is 2. The number of anilines is 2. The number of pyridine rings is 1. The van der Waals surface area contributed by atoms with Crippen LogP contribution in [0.3, 0.4) is 0 Å². The second kappa shape index (κ2) is 6.81. The van der Waals surface area contributed by atoms with Crippen molar-refractivity contribution in [2.45, 2.75) is 6.92 Å². The molecule has 0 atom stereocenters. The normalized spacial score (nSPS) is 9.81. The maximum Gasteiger partial charge on any atom is 0.337 e. The number of benzene rings is 1. The SMILES string of the molecule is COC(=O)c1cccc(NC(=S)Nc2cc(C)ccn2)c1. The molecule has 0 fully saturated rings. The lowest BCUT2D eigenvalue weighted by Gasteiger charge is -2.11. The molecule has 108 valence electrons. The van der Waals surface area contributed by atoms with Gasteiger partial charge in [0.05, 0.1) is 12.7 Å². The topological polar surface area (TPSA) is 63.2 Å². The third kappa shape index (κ3) is 4.25. The molecule has 0 spiro atoms. The Kier molecular flexibility index (Phi) is 4.84. The van der Waals surface area contributed by atoms with Gasteiger partial charge in [-0.1, -0.05) is 6.07 Å². The molecule has 1 heterocycles. The first-order chi connectivity index (χ1) is 10.1. The lowest BCUT2D eigenvalue weighted by Crippen LogP contribution is -2.20. The molecule has 21 heavy (non-hydrogen) atoms. The van der Waals surface area contributed by atoms with E-state index in [1.54, 1.807) is 24.4 Å². The van der Waals surface area contributed by atoms with Crippen molar-refractivity contribution in [3.63, 3.8) is 0 Å². The van der Waals surface area contributed by atoms with Crippen LogP contribution < -0.4 is 10.6 Å². The van der Waals surface area contributed by atoms with E-state index in [0.29, 0.717) is 22.2 Å². The zero-order valence-electron chi connectivity index (χ0n) is 11.7. The van der Waals surface area contributed by atoms with Gasteiger partial charge in [-0.3, -0.25) is 0 Å². The Labute approximate surface area is 128 Å². The van der Waals surface area contributed by atoms with Crippen LogP contribution in [0.4, 0.5) is 11.5 Å². The number of carbonyl (C=O) groups excluding carboxylic acids is 1. The van der Waals surface area contributed by atoms with Crippen molar-refractivity contribution in [3.05, 3.63) is 53.7 Å². The summed E-state index contributed by atoms with van der Waals surface area (Å²) in [4.78, 5) is 15.6. The van der Waals surface area contributed by atoms with Crippen LogP contribution in [-0.2, 0) is 4.74 Å². The number of carbonyl (C=O) groups is 1. The van der Waals surface area contributed by atoms with Gasteiger partial charge in [0.2, 0.25) is 0 Å². The molecule has 1 aromatic heterocycles. The van der Waals surface area contributed by atoms with Gasteiger partial charge in [0.1, 0.15) is 5.82 Å². The summed E-state index contributed by atoms with van der Waals surface area (Å²) < 4.78 is 4.68. The van der Waals surface area contributed by atoms with Gasteiger partial charge < -0.3 is 15.4 Å². The zero-order valence-corrected chi connectivity index (χ0v) is 12.5. The summed E-state index contributed by atoms with van der Waals surface area (Å²) in [6.07, 6.45) is 1.71. The van der Waals surface area contributed by atoms with Crippen LogP contribution in [0.25, 0.3) is 0 Å². The molecule has 0 saturated heterocycles. The van der Waals surface area contributed by atoms with Gasteiger partial charge in [-0.15, -0.1) is 0 Å². The monoisotopic (exact) mass is 301 g/mol. The number of esters is 1. The highest BCUT2D eigenvalue weighted by Crippen LogP contribution is 2.12. The Hall–Kier alpha value is -2.47. The van der Waals surface area contributed by atoms with Crippen LogP contribution in [0.15, 0.2) is 42.6 Å². The van der Waals surface area contributed by atoms with Gasteiger partial charge in [-0.25, -0.2) is 9.78 Å². The summed E-state index contributed by atoms with van der Waals surface area (Å²) in [5.74, 6) is 0.273. The number of thiocarbonyl (C=S) groups is 1. The summed E-state index contributed by atoms with van der Waals surface area (Å²) in [5.41, 5.74) is 2.24. The van der Waals surface area contributed by atoms with Crippen LogP contribution in [0, 0.1) is 6.92 Å². The number of aryl methyl sites for hydroxylation is 1. The maximum atomic E-state index is 11.5. The summed E-state index contributed by atoms with van der Waals surface area (Å²) >= 11 is 5.22. The fraction of sp³-hybridized carbons (Fsp3) is 0.133. The molecule has 0 radical (unpaired) electrons. The van der Waals surface area contributed by atoms with Crippen molar-refractivity contribution in [2.75, 3.05) is 17.7 Å². The number of aromatic nitrogens is 1. The molecule has 1 aromatic carbocycles. The van der Waals surface area contributed by atoms with Crippen LogP contribution >= 0.6 is 12.2 Å². The number of nitrogens with one attached hydrogen (secondary N) is 2. The summed E-state index contributed by atoms with van der Waals surface area (Å²) in [5, 5.41) is 6.39. The highest BCUT2D eigenvalue weighted by molar-refractivity contribution is 7.80. The molecular weight excluding hydrogens is 286 g/mol. The molecule has 0 amide bonds. The van der Waals surface area contributed by atoms with E-state index in [1.807, 2.05) is 25.1 Å². The van der Waals surface area contributed by atoms with Crippen molar-refractivity contribution in [1.82, 2.24) is 4.98 Å². The first kappa shape index (κ1) is 14.9. The van der Waals surface area contributed by atoms with Crippen molar-refractivity contribution in [1.29, 1.82) is 0 Å². The number of methoxy groups -OCH3 is 1. The first-order valence-corrected chi connectivity index (χ1v) is 6.68. The Balaban J connectivity index is 2.04. The highest BCUT2D eigenvalue weighted by Gasteiger charge is 2.06. The summed E-state index contributed by atoms with van der Waals surface area (Å²) in [6, 6.07) is 10.7. The minimum absolute atomic E-state index is 0.391. The summed E-state index contributed by atoms with van der Waals surface area (Å²) in [6.45, 7) is 1.98. The molecule has 5 nitrogen and oxygen atoms in total. The number of nitrogens with zero attached hydrogens (tertiary/aromatic N) is 1. The Bertz CT molecular complexity index is 673. The van der Waals surface area contributed by atoms with Gasteiger partial charge in [0.15, 0.2) is 5.11 Å². The van der Waals surface area contributed by atoms with E-state index in [2.05, 4.69) is 20.4 Å². The van der Waals surface area contributed by atoms with Crippen molar-refractivity contribution in [3.8, 4) is 0 Å². The van der Waals surface area contributed by atoms with Crippen LogP contribution in [0.5, 0.6) is 0 Å². The molecule has 6 heteroatoms. The Morgan fingerprint density at radius 3 is 2.76 bits per heavy atom. The van der Waals surface area contributed by atoms with Crippen molar-refractivity contribution in [2.24, 2.45) is 0 Å². The van der Waals surface area contributed by atoms with Crippen molar-refractivity contribution < 1.29 is 9.53 Å². The minimum Gasteiger partial charge on any atom is -0.465 e. The Morgan fingerprint density at radius 2 is 2.05 bits per heavy atom. The van der Waals surface area contributed by atoms with Gasteiger partial charge in [-0.05, 0) is 55.0 Å². The molecule has 0 unspecified atom stereocenters. The molecule has 2 aromatic rings. The lowest BCUT2D eigenvalue weighted by atomic mass is 10.2. The number of hydrogen-bond acceptors (Lipinski definition) is 4. The predicted molar refractivity (Wildman–Crippen MR) is 86.6 cm³/mol. The fourth-order valence-electron chi connectivity index (χ4n) is 1.72. The Morgan fingerprint density at radius 1 is 1.24 bits per heavy atom. The molecule has 0 bridgehead atoms. The van der Waals surface area contributed by atoms with Gasteiger partial charge in [0, 0.05) is 11.9 Å². The molecule has 0 aliphatic rings. The maximum absolute atomic E-state index is 11.5. The molecule has 2 N–H and O–H groups in total. The second-order valence-electron chi connectivity index (χ2n) is 4.37. The minimum atomic E-state index is -0.391. The third-order valence-corrected chi connectivity index (χ3v) is 2.90. The summed E-state index contributed by atoms with van der Waals surface area (Å²) in [7, 11) is 1.35. The van der Waals surface area contributed by atoms with Gasteiger partial charge >= 0.3 is 5.97 Å². The average molecular weight is 301 g/mol. The van der Waals surface area contributed by atoms with Gasteiger partial charge in [-0.2, -0.15) is 0 Å².